The van der Waals surface area contributed by atoms with Gasteiger partial charge in [0.05, 0.1) is 11.9 Å². The maximum Gasteiger partial charge on any atom is 0.224 e. The summed E-state index contributed by atoms with van der Waals surface area (Å²) >= 11 is 0. The van der Waals surface area contributed by atoms with Gasteiger partial charge in [-0.15, -0.1) is 15.7 Å². The average molecular weight is 536 g/mol. The molecule has 38 heavy (non-hydrogen) atoms. The van der Waals surface area contributed by atoms with E-state index in [4.69, 9.17) is 22.1 Å². The molecule has 0 bridgehead atoms. The zero-order valence-corrected chi connectivity index (χ0v) is 23.1. The number of benzene rings is 1. The molecule has 0 radical (unpaired) electrons. The lowest BCUT2D eigenvalue weighted by molar-refractivity contribution is -0.122. The van der Waals surface area contributed by atoms with Gasteiger partial charge in [0.1, 0.15) is 11.3 Å². The van der Waals surface area contributed by atoms with E-state index < -0.39 is 5.82 Å². The maximum absolute atomic E-state index is 15.0. The number of hydrogen-bond donors (Lipinski definition) is 3. The third kappa shape index (κ3) is 5.47. The first-order valence-electron chi connectivity index (χ1n) is 13.3. The first kappa shape index (κ1) is 26.4. The lowest BCUT2D eigenvalue weighted by atomic mass is 9.85. The van der Waals surface area contributed by atoms with Crippen LogP contribution in [-0.4, -0.2) is 36.6 Å². The minimum Gasteiger partial charge on any atom is -0.369 e. The second kappa shape index (κ2) is 10.5. The lowest BCUT2D eigenvalue weighted by Gasteiger charge is -2.34. The molecule has 2 saturated carbocycles. The summed E-state index contributed by atoms with van der Waals surface area (Å²) in [5.41, 5.74) is 8.36. The topological polar surface area (TPSA) is 111 Å². The van der Waals surface area contributed by atoms with Crippen LogP contribution in [0, 0.1) is 31.0 Å². The van der Waals surface area contributed by atoms with Crippen molar-refractivity contribution in [3.8, 4) is 12.3 Å². The van der Waals surface area contributed by atoms with Crippen LogP contribution in [0.5, 0.6) is 0 Å². The van der Waals surface area contributed by atoms with Gasteiger partial charge in [0.2, 0.25) is 17.8 Å². The van der Waals surface area contributed by atoms with Crippen molar-refractivity contribution in [2.75, 3.05) is 10.6 Å². The van der Waals surface area contributed by atoms with Crippen LogP contribution in [0.2, 0.25) is 0 Å². The predicted octanol–water partition coefficient (Wildman–Crippen LogP) is 5.20. The van der Waals surface area contributed by atoms with Crippen LogP contribution >= 0.6 is 9.24 Å². The molecule has 1 aromatic carbocycles. The Morgan fingerprint density at radius 3 is 2.55 bits per heavy atom. The zero-order chi connectivity index (χ0) is 27.0. The summed E-state index contributed by atoms with van der Waals surface area (Å²) in [4.78, 5) is 26.0. The highest BCUT2D eigenvalue weighted by Crippen LogP contribution is 2.39. The van der Waals surface area contributed by atoms with Gasteiger partial charge in [0.15, 0.2) is 5.65 Å². The van der Waals surface area contributed by atoms with E-state index in [0.29, 0.717) is 58.8 Å². The van der Waals surface area contributed by atoms with Crippen molar-refractivity contribution in [3.05, 3.63) is 35.3 Å². The Morgan fingerprint density at radius 1 is 1.21 bits per heavy atom. The normalized spacial score (nSPS) is 25.6. The SMILES string of the molecule is C#Cc1cc(C)c(Nc2nc3cnc(NC4CCC(C)(P)CC4)nc3n2C2CCC(C(N)=O)CC2)c(F)c1. The molecule has 2 heterocycles. The summed E-state index contributed by atoms with van der Waals surface area (Å²) in [6.07, 6.45) is 14.4. The molecule has 3 aromatic rings. The summed E-state index contributed by atoms with van der Waals surface area (Å²) in [5.74, 6) is 2.71. The van der Waals surface area contributed by atoms with Gasteiger partial charge in [-0.25, -0.2) is 14.4 Å². The molecule has 4 N–H and O–H groups in total. The number of primary amides is 1. The van der Waals surface area contributed by atoms with Crippen LogP contribution in [-0.2, 0) is 4.79 Å². The molecular formula is C28H35FN7OP. The van der Waals surface area contributed by atoms with E-state index in [9.17, 15) is 4.79 Å². The Morgan fingerprint density at radius 2 is 1.92 bits per heavy atom. The number of nitrogens with zero attached hydrogens (tertiary/aromatic N) is 4. The molecule has 5 rings (SSSR count). The Kier molecular flexibility index (Phi) is 7.28. The quantitative estimate of drug-likeness (QED) is 0.296. The molecule has 2 fully saturated rings. The highest BCUT2D eigenvalue weighted by molar-refractivity contribution is 7.18. The van der Waals surface area contributed by atoms with Gasteiger partial charge >= 0.3 is 0 Å². The molecule has 2 aliphatic carbocycles. The Balaban J connectivity index is 1.50. The van der Waals surface area contributed by atoms with Crippen molar-refractivity contribution in [1.82, 2.24) is 19.5 Å². The summed E-state index contributed by atoms with van der Waals surface area (Å²) in [6.45, 7) is 4.09. The number of halogens is 1. The van der Waals surface area contributed by atoms with Gasteiger partial charge in [-0.1, -0.05) is 12.8 Å². The second-order valence-corrected chi connectivity index (χ2v) is 12.5. The number of anilines is 3. The largest absolute Gasteiger partial charge is 0.369 e. The van der Waals surface area contributed by atoms with Crippen LogP contribution in [0.4, 0.5) is 22.0 Å². The summed E-state index contributed by atoms with van der Waals surface area (Å²) in [6, 6.07) is 3.45. The van der Waals surface area contributed by atoms with Crippen molar-refractivity contribution < 1.29 is 9.18 Å². The van der Waals surface area contributed by atoms with Gasteiger partial charge in [-0.05, 0) is 81.1 Å². The number of carbonyl (C=O) groups excluding carboxylic acids is 1. The van der Waals surface area contributed by atoms with E-state index in [-0.39, 0.29) is 23.0 Å². The highest BCUT2D eigenvalue weighted by Gasteiger charge is 2.30. The number of fused-ring (bicyclic) bond motifs is 1. The predicted molar refractivity (Wildman–Crippen MR) is 152 cm³/mol. The molecule has 2 aromatic heterocycles. The smallest absolute Gasteiger partial charge is 0.224 e. The summed E-state index contributed by atoms with van der Waals surface area (Å²) in [5, 5.41) is 7.03. The van der Waals surface area contributed by atoms with Gasteiger partial charge in [-0.3, -0.25) is 9.36 Å². The fourth-order valence-electron chi connectivity index (χ4n) is 5.71. The number of rotatable bonds is 6. The lowest BCUT2D eigenvalue weighted by Crippen LogP contribution is -2.32. The van der Waals surface area contributed by atoms with E-state index >= 15 is 4.39 Å². The van der Waals surface area contributed by atoms with E-state index in [2.05, 4.69) is 37.7 Å². The Hall–Kier alpha value is -3.24. The van der Waals surface area contributed by atoms with Gasteiger partial charge in [0.25, 0.3) is 0 Å². The van der Waals surface area contributed by atoms with Crippen molar-refractivity contribution in [2.24, 2.45) is 11.7 Å². The van der Waals surface area contributed by atoms with E-state index in [0.717, 1.165) is 38.5 Å². The molecule has 1 amide bonds. The minimum atomic E-state index is -0.444. The van der Waals surface area contributed by atoms with Crippen LogP contribution in [0.15, 0.2) is 18.3 Å². The van der Waals surface area contributed by atoms with Crippen LogP contribution in [0.1, 0.15) is 75.5 Å². The van der Waals surface area contributed by atoms with Gasteiger partial charge in [0, 0.05) is 23.6 Å². The van der Waals surface area contributed by atoms with E-state index in [1.165, 1.54) is 6.07 Å². The van der Waals surface area contributed by atoms with Crippen molar-refractivity contribution in [1.29, 1.82) is 0 Å². The average Bonchev–Trinajstić information content (AvgIpc) is 3.24. The number of terminal acetylenes is 1. The molecule has 2 aliphatic rings. The molecule has 200 valence electrons. The number of carbonyl (C=O) groups is 1. The fraction of sp³-hybridized carbons (Fsp3) is 0.500. The first-order valence-corrected chi connectivity index (χ1v) is 13.8. The van der Waals surface area contributed by atoms with Crippen molar-refractivity contribution in [2.45, 2.75) is 82.5 Å². The van der Waals surface area contributed by atoms with Crippen LogP contribution in [0.25, 0.3) is 11.2 Å². The third-order valence-corrected chi connectivity index (χ3v) is 8.63. The first-order chi connectivity index (χ1) is 18.1. The third-order valence-electron chi connectivity index (χ3n) is 8.05. The number of hydrogen-bond acceptors (Lipinski definition) is 6. The molecule has 1 atom stereocenters. The van der Waals surface area contributed by atoms with E-state index in [1.807, 2.05) is 11.5 Å². The molecule has 0 aliphatic heterocycles. The number of nitrogens with one attached hydrogen (secondary N) is 2. The molecule has 8 nitrogen and oxygen atoms in total. The van der Waals surface area contributed by atoms with Crippen LogP contribution < -0.4 is 16.4 Å². The monoisotopic (exact) mass is 535 g/mol. The molecule has 0 saturated heterocycles. The fourth-order valence-corrected chi connectivity index (χ4v) is 6.05. The number of imidazole rings is 1. The molecular weight excluding hydrogens is 500 g/mol. The van der Waals surface area contributed by atoms with Crippen molar-refractivity contribution >= 4 is 43.9 Å². The van der Waals surface area contributed by atoms with E-state index in [1.54, 1.807) is 12.3 Å². The number of amides is 1. The maximum atomic E-state index is 15.0. The Bertz CT molecular complexity index is 1370. The van der Waals surface area contributed by atoms with Crippen molar-refractivity contribution in [3.63, 3.8) is 0 Å². The molecule has 0 spiro atoms. The van der Waals surface area contributed by atoms with Gasteiger partial charge < -0.3 is 16.4 Å². The number of aromatic nitrogens is 4. The number of aryl methyl sites for hydroxylation is 1. The molecule has 1 unspecified atom stereocenters. The second-order valence-electron chi connectivity index (χ2n) is 11.1. The van der Waals surface area contributed by atoms with Crippen LogP contribution in [0.3, 0.4) is 0 Å². The number of nitrogens with two attached hydrogens (primary N) is 1. The summed E-state index contributed by atoms with van der Waals surface area (Å²) in [7, 11) is 2.98. The standard InChI is InChI=1S/C28H35FN7OP/c1-4-17-13-16(2)23(21(29)14-17)34-27-33-22-15-31-26(32-19-9-11-28(3,38)12-10-19)35-25(22)36(27)20-7-5-18(6-8-20)24(30)37/h1,13-15,18-20H,5-12,38H2,2-3H3,(H2,30,37)(H,33,34)(H,31,32,35). The Labute approximate surface area is 225 Å². The zero-order valence-electron chi connectivity index (χ0n) is 21.9. The molecule has 10 heteroatoms. The van der Waals surface area contributed by atoms with Gasteiger partial charge in [-0.2, -0.15) is 4.98 Å². The highest BCUT2D eigenvalue weighted by atomic mass is 31.0. The summed E-state index contributed by atoms with van der Waals surface area (Å²) < 4.78 is 17.1. The minimum absolute atomic E-state index is 0.0294.